The number of aryl methyl sites for hydroxylation is 1. The minimum Gasteiger partial charge on any atom is -0.329 e. The fourth-order valence-electron chi connectivity index (χ4n) is 2.05. The molecule has 3 aromatic rings. The molecule has 0 fully saturated rings. The van der Waals surface area contributed by atoms with Crippen LogP contribution in [0.2, 0.25) is 0 Å². The molecular weight excluding hydrogens is 247 g/mol. The van der Waals surface area contributed by atoms with Gasteiger partial charge in [0.15, 0.2) is 11.6 Å². The van der Waals surface area contributed by atoms with E-state index in [-0.39, 0.29) is 5.82 Å². The number of aromatic nitrogens is 5. The van der Waals surface area contributed by atoms with Crippen molar-refractivity contribution < 1.29 is 4.39 Å². The van der Waals surface area contributed by atoms with Crippen molar-refractivity contribution in [3.63, 3.8) is 0 Å². The van der Waals surface area contributed by atoms with Gasteiger partial charge in [-0.15, -0.1) is 5.10 Å². The number of para-hydroxylation sites is 1. The Balaban J connectivity index is 2.14. The van der Waals surface area contributed by atoms with E-state index in [2.05, 4.69) is 15.3 Å². The maximum Gasteiger partial charge on any atom is 0.163 e. The van der Waals surface area contributed by atoms with Gasteiger partial charge in [-0.05, 0) is 12.1 Å². The van der Waals surface area contributed by atoms with Crippen molar-refractivity contribution in [3.05, 3.63) is 30.2 Å². The second-order valence-electron chi connectivity index (χ2n) is 4.26. The molecule has 2 aromatic heterocycles. The summed E-state index contributed by atoms with van der Waals surface area (Å²) in [5.74, 6) is 0.247. The molecule has 19 heavy (non-hydrogen) atoms. The van der Waals surface area contributed by atoms with E-state index in [1.807, 2.05) is 13.1 Å². The van der Waals surface area contributed by atoms with Gasteiger partial charge < -0.3 is 10.3 Å². The molecule has 1 aromatic carbocycles. The lowest BCUT2D eigenvalue weighted by atomic mass is 10.3. The molecule has 0 spiro atoms. The van der Waals surface area contributed by atoms with Crippen molar-refractivity contribution in [2.45, 2.75) is 6.54 Å². The molecule has 7 heteroatoms. The average molecular weight is 260 g/mol. The maximum atomic E-state index is 13.7. The molecule has 0 unspecified atom stereocenters. The number of nitrogens with two attached hydrogens (primary N) is 1. The molecule has 0 saturated heterocycles. The first-order chi connectivity index (χ1) is 9.20. The van der Waals surface area contributed by atoms with Crippen LogP contribution in [-0.4, -0.2) is 31.1 Å². The van der Waals surface area contributed by atoms with E-state index in [0.29, 0.717) is 30.1 Å². The molecular formula is C12H13FN6. The monoisotopic (exact) mass is 260 g/mol. The van der Waals surface area contributed by atoms with Crippen LogP contribution in [0.4, 0.5) is 4.39 Å². The lowest BCUT2D eigenvalue weighted by Gasteiger charge is -1.97. The molecule has 98 valence electrons. The van der Waals surface area contributed by atoms with Crippen LogP contribution in [0.3, 0.4) is 0 Å². The second kappa shape index (κ2) is 4.43. The van der Waals surface area contributed by atoms with Crippen molar-refractivity contribution in [3.8, 4) is 11.5 Å². The summed E-state index contributed by atoms with van der Waals surface area (Å²) in [4.78, 5) is 4.30. The van der Waals surface area contributed by atoms with Gasteiger partial charge in [0.25, 0.3) is 0 Å². The first-order valence-corrected chi connectivity index (χ1v) is 5.92. The van der Waals surface area contributed by atoms with Crippen molar-refractivity contribution in [2.75, 3.05) is 6.54 Å². The lowest BCUT2D eigenvalue weighted by molar-refractivity contribution is 0.598. The molecule has 2 N–H and O–H groups in total. The topological polar surface area (TPSA) is 74.5 Å². The third-order valence-electron chi connectivity index (χ3n) is 2.99. The molecule has 0 radical (unpaired) electrons. The van der Waals surface area contributed by atoms with Crippen molar-refractivity contribution in [1.82, 2.24) is 24.5 Å². The predicted octanol–water partition coefficient (Wildman–Crippen LogP) is 0.930. The van der Waals surface area contributed by atoms with E-state index >= 15 is 0 Å². The van der Waals surface area contributed by atoms with E-state index in [4.69, 9.17) is 5.73 Å². The highest BCUT2D eigenvalue weighted by atomic mass is 19.1. The highest BCUT2D eigenvalue weighted by molar-refractivity contribution is 5.80. The Morgan fingerprint density at radius 3 is 2.95 bits per heavy atom. The van der Waals surface area contributed by atoms with Gasteiger partial charge in [-0.1, -0.05) is 11.3 Å². The summed E-state index contributed by atoms with van der Waals surface area (Å²) in [7, 11) is 1.83. The number of hydrogen-bond acceptors (Lipinski definition) is 4. The molecule has 0 aliphatic carbocycles. The van der Waals surface area contributed by atoms with E-state index in [1.54, 1.807) is 21.5 Å². The number of fused-ring (bicyclic) bond motifs is 1. The quantitative estimate of drug-likeness (QED) is 0.760. The number of halogens is 1. The first-order valence-electron chi connectivity index (χ1n) is 5.92. The fourth-order valence-corrected chi connectivity index (χ4v) is 2.05. The first kappa shape index (κ1) is 11.8. The van der Waals surface area contributed by atoms with Crippen LogP contribution >= 0.6 is 0 Å². The van der Waals surface area contributed by atoms with E-state index in [1.165, 1.54) is 6.07 Å². The molecule has 0 saturated carbocycles. The van der Waals surface area contributed by atoms with Gasteiger partial charge in [0.1, 0.15) is 11.2 Å². The highest BCUT2D eigenvalue weighted by Crippen LogP contribution is 2.23. The number of hydrogen-bond donors (Lipinski definition) is 1. The van der Waals surface area contributed by atoms with Crippen LogP contribution in [0.5, 0.6) is 0 Å². The number of nitrogens with zero attached hydrogens (tertiary/aromatic N) is 5. The summed E-state index contributed by atoms with van der Waals surface area (Å²) in [6.07, 6.45) is 1.76. The minimum atomic E-state index is -0.339. The predicted molar refractivity (Wildman–Crippen MR) is 68.7 cm³/mol. The number of rotatable bonds is 3. The maximum absolute atomic E-state index is 13.7. The van der Waals surface area contributed by atoms with Crippen LogP contribution in [0.15, 0.2) is 24.4 Å². The molecule has 0 amide bonds. The van der Waals surface area contributed by atoms with E-state index < -0.39 is 0 Å². The summed E-state index contributed by atoms with van der Waals surface area (Å²) >= 11 is 0. The fraction of sp³-hybridized carbons (Fsp3) is 0.250. The zero-order valence-corrected chi connectivity index (χ0v) is 10.4. The van der Waals surface area contributed by atoms with Gasteiger partial charge in [0.05, 0.1) is 18.3 Å². The Kier molecular flexibility index (Phi) is 2.75. The summed E-state index contributed by atoms with van der Waals surface area (Å²) in [6, 6.07) is 4.87. The Labute approximate surface area is 108 Å². The second-order valence-corrected chi connectivity index (χ2v) is 4.26. The van der Waals surface area contributed by atoms with Gasteiger partial charge in [-0.2, -0.15) is 0 Å². The molecule has 3 rings (SSSR count). The summed E-state index contributed by atoms with van der Waals surface area (Å²) in [6.45, 7) is 1.07. The normalized spacial score (nSPS) is 11.3. The minimum absolute atomic E-state index is 0.339. The van der Waals surface area contributed by atoms with Crippen LogP contribution in [0.25, 0.3) is 22.6 Å². The Morgan fingerprint density at radius 1 is 1.37 bits per heavy atom. The largest absolute Gasteiger partial charge is 0.329 e. The van der Waals surface area contributed by atoms with E-state index in [0.717, 1.165) is 5.52 Å². The third kappa shape index (κ3) is 1.88. The summed E-state index contributed by atoms with van der Waals surface area (Å²) in [5, 5.41) is 8.00. The third-order valence-corrected chi connectivity index (χ3v) is 2.99. The number of benzene rings is 1. The summed E-state index contributed by atoms with van der Waals surface area (Å²) in [5.41, 5.74) is 7.13. The van der Waals surface area contributed by atoms with Gasteiger partial charge >= 0.3 is 0 Å². The molecule has 0 aliphatic rings. The molecule has 2 heterocycles. The molecule has 0 bridgehead atoms. The average Bonchev–Trinajstić information content (AvgIpc) is 2.97. The van der Waals surface area contributed by atoms with Crippen molar-refractivity contribution in [2.24, 2.45) is 12.8 Å². The van der Waals surface area contributed by atoms with Gasteiger partial charge in [0.2, 0.25) is 0 Å². The smallest absolute Gasteiger partial charge is 0.163 e. The Hall–Kier alpha value is -2.28. The highest BCUT2D eigenvalue weighted by Gasteiger charge is 2.15. The van der Waals surface area contributed by atoms with Gasteiger partial charge in [-0.3, -0.25) is 4.68 Å². The van der Waals surface area contributed by atoms with Crippen molar-refractivity contribution >= 4 is 11.0 Å². The zero-order valence-electron chi connectivity index (χ0n) is 10.4. The number of imidazole rings is 1. The van der Waals surface area contributed by atoms with Crippen LogP contribution < -0.4 is 5.73 Å². The van der Waals surface area contributed by atoms with Gasteiger partial charge in [0, 0.05) is 13.6 Å². The zero-order chi connectivity index (χ0) is 13.4. The molecule has 6 nitrogen and oxygen atoms in total. The molecule has 0 aliphatic heterocycles. The van der Waals surface area contributed by atoms with Crippen molar-refractivity contribution in [1.29, 1.82) is 0 Å². The summed E-state index contributed by atoms with van der Waals surface area (Å²) < 4.78 is 17.1. The van der Waals surface area contributed by atoms with Crippen LogP contribution in [0, 0.1) is 5.82 Å². The van der Waals surface area contributed by atoms with Crippen LogP contribution in [0.1, 0.15) is 0 Å². The SMILES string of the molecule is Cn1c(-c2cn(CCN)nn2)nc2c(F)cccc21. The Bertz CT molecular complexity index is 729. The molecule has 0 atom stereocenters. The lowest BCUT2D eigenvalue weighted by Crippen LogP contribution is -2.10. The Morgan fingerprint density at radius 2 is 2.21 bits per heavy atom. The standard InChI is InChI=1S/C12H13FN6/c1-18-10-4-2-3-8(13)11(10)15-12(18)9-7-19(6-5-14)17-16-9/h2-4,7H,5-6,14H2,1H3. The van der Waals surface area contributed by atoms with Crippen LogP contribution in [-0.2, 0) is 13.6 Å². The van der Waals surface area contributed by atoms with Gasteiger partial charge in [-0.25, -0.2) is 9.37 Å². The van der Waals surface area contributed by atoms with E-state index in [9.17, 15) is 4.39 Å².